The van der Waals surface area contributed by atoms with Crippen molar-refractivity contribution in [2.24, 2.45) is 12.8 Å². The molecule has 1 aliphatic heterocycles. The number of aromatic nitrogens is 3. The Hall–Kier alpha value is -2.22. The van der Waals surface area contributed by atoms with Gasteiger partial charge in [0.2, 0.25) is 0 Å². The smallest absolute Gasteiger partial charge is 0.274 e. The summed E-state index contributed by atoms with van der Waals surface area (Å²) in [5.41, 5.74) is 5.68. The van der Waals surface area contributed by atoms with E-state index in [9.17, 15) is 9.59 Å². The minimum Gasteiger partial charge on any atom is -0.365 e. The summed E-state index contributed by atoms with van der Waals surface area (Å²) in [4.78, 5) is 30.1. The molecule has 0 unspecified atom stereocenters. The zero-order valence-corrected chi connectivity index (χ0v) is 12.3. The van der Waals surface area contributed by atoms with Crippen molar-refractivity contribution in [3.63, 3.8) is 0 Å². The van der Waals surface area contributed by atoms with E-state index in [-0.39, 0.29) is 11.9 Å². The number of hydrogen-bond donors (Lipinski definition) is 1. The first-order chi connectivity index (χ1) is 10.1. The van der Waals surface area contributed by atoms with Crippen LogP contribution in [-0.4, -0.2) is 38.0 Å². The van der Waals surface area contributed by atoms with E-state index in [1.54, 1.807) is 28.9 Å². The Labute approximate surface area is 125 Å². The van der Waals surface area contributed by atoms with Gasteiger partial charge in [-0.1, -0.05) is 0 Å². The Morgan fingerprint density at radius 1 is 1.48 bits per heavy atom. The molecule has 3 heterocycles. The highest BCUT2D eigenvalue weighted by Crippen LogP contribution is 2.35. The molecule has 2 aromatic heterocycles. The van der Waals surface area contributed by atoms with Gasteiger partial charge in [-0.3, -0.25) is 14.3 Å². The molecule has 1 aliphatic rings. The van der Waals surface area contributed by atoms with Crippen molar-refractivity contribution < 1.29 is 9.59 Å². The molecule has 0 aromatic carbocycles. The quantitative estimate of drug-likeness (QED) is 0.913. The van der Waals surface area contributed by atoms with E-state index in [0.717, 1.165) is 17.8 Å². The van der Waals surface area contributed by atoms with Crippen molar-refractivity contribution in [2.75, 3.05) is 6.54 Å². The van der Waals surface area contributed by atoms with E-state index in [2.05, 4.69) is 10.1 Å². The summed E-state index contributed by atoms with van der Waals surface area (Å²) < 4.78 is 1.60. The SMILES string of the molecule is Cn1ccc(C(=O)N2CCC[C@H]2c2ncc(C(N)=O)s2)n1. The van der Waals surface area contributed by atoms with Crippen LogP contribution in [0.1, 0.15) is 44.1 Å². The number of nitrogens with zero attached hydrogens (tertiary/aromatic N) is 4. The van der Waals surface area contributed by atoms with Gasteiger partial charge in [-0.2, -0.15) is 5.10 Å². The molecule has 1 fully saturated rings. The summed E-state index contributed by atoms with van der Waals surface area (Å²) in [5, 5.41) is 4.91. The summed E-state index contributed by atoms with van der Waals surface area (Å²) in [6.45, 7) is 0.672. The van der Waals surface area contributed by atoms with E-state index in [4.69, 9.17) is 5.73 Å². The normalized spacial score (nSPS) is 18.1. The molecule has 0 aliphatic carbocycles. The van der Waals surface area contributed by atoms with Gasteiger partial charge in [0.15, 0.2) is 0 Å². The number of hydrogen-bond acceptors (Lipinski definition) is 5. The molecular weight excluding hydrogens is 290 g/mol. The molecule has 0 spiro atoms. The van der Waals surface area contributed by atoms with E-state index < -0.39 is 5.91 Å². The lowest BCUT2D eigenvalue weighted by Crippen LogP contribution is -2.30. The average Bonchev–Trinajstić information content (AvgIpc) is 3.17. The molecule has 1 atom stereocenters. The molecule has 8 heteroatoms. The molecule has 0 saturated carbocycles. The maximum Gasteiger partial charge on any atom is 0.274 e. The van der Waals surface area contributed by atoms with Crippen LogP contribution in [0.2, 0.25) is 0 Å². The molecule has 3 rings (SSSR count). The summed E-state index contributed by atoms with van der Waals surface area (Å²) in [7, 11) is 1.78. The molecule has 110 valence electrons. The number of carbonyl (C=O) groups is 2. The number of likely N-dealkylation sites (tertiary alicyclic amines) is 1. The van der Waals surface area contributed by atoms with Gasteiger partial charge in [0.25, 0.3) is 11.8 Å². The molecule has 2 N–H and O–H groups in total. The van der Waals surface area contributed by atoms with Gasteiger partial charge in [-0.15, -0.1) is 11.3 Å². The van der Waals surface area contributed by atoms with E-state index in [1.165, 1.54) is 17.5 Å². The van der Waals surface area contributed by atoms with Crippen molar-refractivity contribution in [1.29, 1.82) is 0 Å². The lowest BCUT2D eigenvalue weighted by atomic mass is 10.2. The van der Waals surface area contributed by atoms with Crippen molar-refractivity contribution in [1.82, 2.24) is 19.7 Å². The van der Waals surface area contributed by atoms with Gasteiger partial charge in [0.05, 0.1) is 12.2 Å². The summed E-state index contributed by atoms with van der Waals surface area (Å²) in [5.74, 6) is -0.590. The molecule has 21 heavy (non-hydrogen) atoms. The van der Waals surface area contributed by atoms with Crippen molar-refractivity contribution in [3.8, 4) is 0 Å². The summed E-state index contributed by atoms with van der Waals surface area (Å²) >= 11 is 1.25. The number of rotatable bonds is 3. The highest BCUT2D eigenvalue weighted by molar-refractivity contribution is 7.13. The topological polar surface area (TPSA) is 94.1 Å². The Balaban J connectivity index is 1.84. The van der Waals surface area contributed by atoms with Gasteiger partial charge in [-0.05, 0) is 18.9 Å². The van der Waals surface area contributed by atoms with E-state index >= 15 is 0 Å². The van der Waals surface area contributed by atoms with Crippen LogP contribution >= 0.6 is 11.3 Å². The number of aryl methyl sites for hydroxylation is 1. The highest BCUT2D eigenvalue weighted by Gasteiger charge is 2.33. The minimum atomic E-state index is -0.487. The zero-order valence-electron chi connectivity index (χ0n) is 11.5. The standard InChI is InChI=1S/C13H15N5O2S/c1-17-6-4-8(16-17)13(20)18-5-2-3-9(18)12-15-7-10(21-12)11(14)19/h4,6-7,9H,2-3,5H2,1H3,(H2,14,19)/t9-/m0/s1. The fourth-order valence-electron chi connectivity index (χ4n) is 2.50. The number of nitrogens with two attached hydrogens (primary N) is 1. The molecule has 0 radical (unpaired) electrons. The molecule has 0 bridgehead atoms. The lowest BCUT2D eigenvalue weighted by molar-refractivity contribution is 0.0728. The third-order valence-electron chi connectivity index (χ3n) is 3.50. The second-order valence-corrected chi connectivity index (χ2v) is 6.02. The number of primary amides is 1. The van der Waals surface area contributed by atoms with E-state index in [0.29, 0.717) is 17.1 Å². The average molecular weight is 305 g/mol. The van der Waals surface area contributed by atoms with Crippen LogP contribution in [0.3, 0.4) is 0 Å². The van der Waals surface area contributed by atoms with Gasteiger partial charge >= 0.3 is 0 Å². The van der Waals surface area contributed by atoms with Crippen LogP contribution in [-0.2, 0) is 7.05 Å². The van der Waals surface area contributed by atoms with Crippen LogP contribution in [0.15, 0.2) is 18.5 Å². The third-order valence-corrected chi connectivity index (χ3v) is 4.61. The first-order valence-electron chi connectivity index (χ1n) is 6.62. The van der Waals surface area contributed by atoms with Crippen molar-refractivity contribution in [3.05, 3.63) is 34.0 Å². The second-order valence-electron chi connectivity index (χ2n) is 4.96. The number of amides is 2. The van der Waals surface area contributed by atoms with Gasteiger partial charge < -0.3 is 10.6 Å². The molecule has 2 aromatic rings. The summed E-state index contributed by atoms with van der Waals surface area (Å²) in [6.07, 6.45) is 4.97. The predicted molar refractivity (Wildman–Crippen MR) is 76.9 cm³/mol. The van der Waals surface area contributed by atoms with Gasteiger partial charge in [-0.25, -0.2) is 4.98 Å². The molecule has 2 amide bonds. The first kappa shape index (κ1) is 13.7. The Kier molecular flexibility index (Phi) is 3.46. The van der Waals surface area contributed by atoms with Crippen molar-refractivity contribution >= 4 is 23.2 Å². The lowest BCUT2D eigenvalue weighted by Gasteiger charge is -2.22. The van der Waals surface area contributed by atoms with Crippen molar-refractivity contribution in [2.45, 2.75) is 18.9 Å². The fraction of sp³-hybridized carbons (Fsp3) is 0.385. The van der Waals surface area contributed by atoms with Crippen LogP contribution in [0.4, 0.5) is 0 Å². The van der Waals surface area contributed by atoms with Crippen LogP contribution in [0.5, 0.6) is 0 Å². The monoisotopic (exact) mass is 305 g/mol. The fourth-order valence-corrected chi connectivity index (χ4v) is 3.42. The third kappa shape index (κ3) is 2.54. The predicted octanol–water partition coefficient (Wildman–Crippen LogP) is 0.953. The van der Waals surface area contributed by atoms with Crippen LogP contribution in [0.25, 0.3) is 0 Å². The molecule has 7 nitrogen and oxygen atoms in total. The maximum atomic E-state index is 12.5. The Bertz CT molecular complexity index is 692. The minimum absolute atomic E-state index is 0.0994. The second kappa shape index (κ2) is 5.28. The van der Waals surface area contributed by atoms with E-state index in [1.807, 2.05) is 0 Å². The zero-order chi connectivity index (χ0) is 15.0. The summed E-state index contributed by atoms with van der Waals surface area (Å²) in [6, 6.07) is 1.60. The Morgan fingerprint density at radius 2 is 2.29 bits per heavy atom. The largest absolute Gasteiger partial charge is 0.365 e. The number of thiazole rings is 1. The molecular formula is C13H15N5O2S. The van der Waals surface area contributed by atoms with Gasteiger partial charge in [0, 0.05) is 19.8 Å². The first-order valence-corrected chi connectivity index (χ1v) is 7.44. The van der Waals surface area contributed by atoms with Gasteiger partial charge in [0.1, 0.15) is 15.6 Å². The highest BCUT2D eigenvalue weighted by atomic mass is 32.1. The molecule has 1 saturated heterocycles. The van der Waals surface area contributed by atoms with Crippen LogP contribution < -0.4 is 5.73 Å². The van der Waals surface area contributed by atoms with Crippen LogP contribution in [0, 0.1) is 0 Å². The Morgan fingerprint density at radius 3 is 2.90 bits per heavy atom. The number of carbonyl (C=O) groups excluding carboxylic acids is 2. The maximum absolute atomic E-state index is 12.5.